The first-order valence-corrected chi connectivity index (χ1v) is 5.30. The maximum absolute atomic E-state index is 8.86. The van der Waals surface area contributed by atoms with Crippen molar-refractivity contribution in [2.45, 2.75) is 44.8 Å². The van der Waals surface area contributed by atoms with E-state index in [2.05, 4.69) is 25.2 Å². The molecule has 82 valence electrons. The van der Waals surface area contributed by atoms with Crippen LogP contribution in [-0.2, 0) is 4.74 Å². The van der Waals surface area contributed by atoms with Gasteiger partial charge in [-0.25, -0.2) is 0 Å². The van der Waals surface area contributed by atoms with Crippen molar-refractivity contribution in [3.05, 3.63) is 12.3 Å². The average Bonchev–Trinajstić information content (AvgIpc) is 2.17. The van der Waals surface area contributed by atoms with E-state index in [0.717, 1.165) is 25.8 Å². The molecule has 14 heavy (non-hydrogen) atoms. The monoisotopic (exact) mass is 199 g/mol. The fourth-order valence-electron chi connectivity index (χ4n) is 1.49. The maximum Gasteiger partial charge on any atom is 0.110 e. The van der Waals surface area contributed by atoms with E-state index in [1.165, 1.54) is 0 Å². The highest BCUT2D eigenvalue weighted by atomic mass is 16.5. The molecule has 0 spiro atoms. The minimum Gasteiger partial charge on any atom is -0.497 e. The molecule has 0 aromatic carbocycles. The summed E-state index contributed by atoms with van der Waals surface area (Å²) in [6.45, 7) is 5.28. The summed E-state index contributed by atoms with van der Waals surface area (Å²) < 4.78 is 5.45. The molecule has 1 aliphatic heterocycles. The van der Waals surface area contributed by atoms with Crippen LogP contribution in [-0.4, -0.2) is 29.9 Å². The van der Waals surface area contributed by atoms with Gasteiger partial charge >= 0.3 is 0 Å². The summed E-state index contributed by atoms with van der Waals surface area (Å²) in [6, 6.07) is 0. The van der Waals surface area contributed by atoms with Gasteiger partial charge in [0.25, 0.3) is 0 Å². The lowest BCUT2D eigenvalue weighted by Gasteiger charge is -2.29. The summed E-state index contributed by atoms with van der Waals surface area (Å²) in [4.78, 5) is 0. The van der Waals surface area contributed by atoms with Crippen LogP contribution in [0.3, 0.4) is 0 Å². The number of rotatable bonds is 5. The number of aliphatic hydroxyl groups is 1. The summed E-state index contributed by atoms with van der Waals surface area (Å²) in [5.74, 6) is 0. The first-order valence-electron chi connectivity index (χ1n) is 5.30. The van der Waals surface area contributed by atoms with E-state index in [-0.39, 0.29) is 18.2 Å². The lowest BCUT2D eigenvalue weighted by molar-refractivity contribution is 0.110. The smallest absolute Gasteiger partial charge is 0.110 e. The molecule has 0 aromatic heterocycles. The van der Waals surface area contributed by atoms with Gasteiger partial charge in [0.2, 0.25) is 0 Å². The molecule has 0 aliphatic carbocycles. The predicted molar refractivity (Wildman–Crippen MR) is 57.0 cm³/mol. The zero-order chi connectivity index (χ0) is 10.4. The van der Waals surface area contributed by atoms with Crippen LogP contribution in [0.2, 0.25) is 0 Å². The lowest BCUT2D eigenvalue weighted by atomic mass is 10.0. The molecule has 1 heterocycles. The Labute approximate surface area is 86.2 Å². The minimum atomic E-state index is -0.000723. The van der Waals surface area contributed by atoms with Crippen LogP contribution in [0.4, 0.5) is 0 Å². The Bertz CT molecular complexity index is 190. The largest absolute Gasteiger partial charge is 0.497 e. The fraction of sp³-hybridized carbons (Fsp3) is 0.818. The van der Waals surface area contributed by atoms with Crippen LogP contribution in [0, 0.1) is 0 Å². The van der Waals surface area contributed by atoms with Gasteiger partial charge in [-0.1, -0.05) is 0 Å². The van der Waals surface area contributed by atoms with Crippen molar-refractivity contribution in [3.8, 4) is 0 Å². The Morgan fingerprint density at radius 3 is 2.93 bits per heavy atom. The molecule has 2 N–H and O–H groups in total. The van der Waals surface area contributed by atoms with E-state index in [4.69, 9.17) is 9.84 Å². The number of ether oxygens (including phenoxy) is 1. The van der Waals surface area contributed by atoms with Gasteiger partial charge in [0, 0.05) is 18.7 Å². The number of allylic oxidation sites excluding steroid dienone is 1. The lowest BCUT2D eigenvalue weighted by Crippen LogP contribution is -2.44. The zero-order valence-corrected chi connectivity index (χ0v) is 9.12. The van der Waals surface area contributed by atoms with E-state index < -0.39 is 0 Å². The summed E-state index contributed by atoms with van der Waals surface area (Å²) in [5.41, 5.74) is -0.000723. The second-order valence-corrected chi connectivity index (χ2v) is 4.45. The van der Waals surface area contributed by atoms with Crippen LogP contribution in [0.15, 0.2) is 12.3 Å². The number of aliphatic hydroxyl groups excluding tert-OH is 1. The van der Waals surface area contributed by atoms with Gasteiger partial charge in [-0.3, -0.25) is 0 Å². The van der Waals surface area contributed by atoms with Crippen LogP contribution >= 0.6 is 0 Å². The predicted octanol–water partition coefficient (Wildman–Crippen LogP) is 1.43. The van der Waals surface area contributed by atoms with E-state index in [9.17, 15) is 0 Å². The molecule has 3 nitrogen and oxygen atoms in total. The van der Waals surface area contributed by atoms with Crippen LogP contribution in [0.25, 0.3) is 0 Å². The Kier molecular flexibility index (Phi) is 4.42. The first kappa shape index (κ1) is 11.5. The van der Waals surface area contributed by atoms with Gasteiger partial charge < -0.3 is 15.2 Å². The SMILES string of the molecule is CC(C)(CCO)NCC1CCC=CO1. The van der Waals surface area contributed by atoms with Crippen molar-refractivity contribution in [1.29, 1.82) is 0 Å². The molecular weight excluding hydrogens is 178 g/mol. The third-order valence-electron chi connectivity index (χ3n) is 2.57. The van der Waals surface area contributed by atoms with Crippen LogP contribution in [0.1, 0.15) is 33.1 Å². The fourth-order valence-corrected chi connectivity index (χ4v) is 1.49. The standard InChI is InChI=1S/C11H21NO2/c1-11(2,6-7-13)12-9-10-5-3-4-8-14-10/h4,8,10,12-13H,3,5-7,9H2,1-2H3. The van der Waals surface area contributed by atoms with Gasteiger partial charge in [0.1, 0.15) is 6.10 Å². The Morgan fingerprint density at radius 1 is 1.57 bits per heavy atom. The highest BCUT2D eigenvalue weighted by Gasteiger charge is 2.19. The summed E-state index contributed by atoms with van der Waals surface area (Å²) in [7, 11) is 0. The average molecular weight is 199 g/mol. The summed E-state index contributed by atoms with van der Waals surface area (Å²) in [6.07, 6.45) is 7.09. The molecule has 1 atom stereocenters. The molecule has 3 heteroatoms. The van der Waals surface area contributed by atoms with Crippen molar-refractivity contribution in [2.24, 2.45) is 0 Å². The van der Waals surface area contributed by atoms with E-state index in [1.54, 1.807) is 6.26 Å². The minimum absolute atomic E-state index is 0.000723. The highest BCUT2D eigenvalue weighted by Crippen LogP contribution is 2.12. The van der Waals surface area contributed by atoms with Gasteiger partial charge in [-0.05, 0) is 39.2 Å². The summed E-state index contributed by atoms with van der Waals surface area (Å²) >= 11 is 0. The molecule has 0 aromatic rings. The van der Waals surface area contributed by atoms with E-state index in [1.807, 2.05) is 0 Å². The van der Waals surface area contributed by atoms with Crippen LogP contribution < -0.4 is 5.32 Å². The summed E-state index contributed by atoms with van der Waals surface area (Å²) in [5, 5.41) is 12.3. The topological polar surface area (TPSA) is 41.5 Å². The molecule has 1 unspecified atom stereocenters. The third-order valence-corrected chi connectivity index (χ3v) is 2.57. The highest BCUT2D eigenvalue weighted by molar-refractivity contribution is 4.85. The van der Waals surface area contributed by atoms with Gasteiger partial charge in [-0.2, -0.15) is 0 Å². The molecule has 0 radical (unpaired) electrons. The Hall–Kier alpha value is -0.540. The second-order valence-electron chi connectivity index (χ2n) is 4.45. The quantitative estimate of drug-likeness (QED) is 0.704. The number of nitrogens with one attached hydrogen (secondary N) is 1. The molecule has 0 fully saturated rings. The van der Waals surface area contributed by atoms with Crippen molar-refractivity contribution >= 4 is 0 Å². The molecule has 0 saturated heterocycles. The Morgan fingerprint density at radius 2 is 2.36 bits per heavy atom. The third kappa shape index (κ3) is 4.11. The Balaban J connectivity index is 2.21. The van der Waals surface area contributed by atoms with Crippen molar-refractivity contribution < 1.29 is 9.84 Å². The molecule has 1 aliphatic rings. The van der Waals surface area contributed by atoms with Gasteiger partial charge in [-0.15, -0.1) is 0 Å². The number of hydrogen-bond acceptors (Lipinski definition) is 3. The van der Waals surface area contributed by atoms with Crippen molar-refractivity contribution in [3.63, 3.8) is 0 Å². The molecule has 0 amide bonds. The number of hydrogen-bond donors (Lipinski definition) is 2. The first-order chi connectivity index (χ1) is 6.64. The van der Waals surface area contributed by atoms with E-state index >= 15 is 0 Å². The van der Waals surface area contributed by atoms with E-state index in [0.29, 0.717) is 0 Å². The van der Waals surface area contributed by atoms with Gasteiger partial charge in [0.15, 0.2) is 0 Å². The van der Waals surface area contributed by atoms with Crippen molar-refractivity contribution in [1.82, 2.24) is 5.32 Å². The maximum atomic E-state index is 8.86. The molecular formula is C11H21NO2. The molecule has 1 rings (SSSR count). The molecule has 0 saturated carbocycles. The zero-order valence-electron chi connectivity index (χ0n) is 9.12. The second kappa shape index (κ2) is 5.37. The normalized spacial score (nSPS) is 22.1. The molecule has 0 bridgehead atoms. The van der Waals surface area contributed by atoms with Crippen molar-refractivity contribution in [2.75, 3.05) is 13.2 Å². The van der Waals surface area contributed by atoms with Gasteiger partial charge in [0.05, 0.1) is 6.26 Å². The van der Waals surface area contributed by atoms with Crippen LogP contribution in [0.5, 0.6) is 0 Å².